The zero-order valence-corrected chi connectivity index (χ0v) is 29.8. The highest BCUT2D eigenvalue weighted by molar-refractivity contribution is 6.27. The second-order valence-corrected chi connectivity index (χ2v) is 14.0. The van der Waals surface area contributed by atoms with Crippen LogP contribution >= 0.6 is 0 Å². The third-order valence-corrected chi connectivity index (χ3v) is 10.7. The Morgan fingerprint density at radius 3 is 1.16 bits per heavy atom. The molecule has 0 saturated carbocycles. The first kappa shape index (κ1) is 32.0. The van der Waals surface area contributed by atoms with Crippen LogP contribution in [0.3, 0.4) is 0 Å². The molecule has 0 radical (unpaired) electrons. The van der Waals surface area contributed by atoms with Crippen molar-refractivity contribution in [2.24, 2.45) is 0 Å². The highest BCUT2D eigenvalue weighted by Crippen LogP contribution is 2.44. The summed E-state index contributed by atoms with van der Waals surface area (Å²) in [6.45, 7) is 0. The van der Waals surface area contributed by atoms with Crippen LogP contribution in [0.1, 0.15) is 0 Å². The first-order valence-electron chi connectivity index (χ1n) is 18.5. The maximum atomic E-state index is 15.3. The summed E-state index contributed by atoms with van der Waals surface area (Å²) in [4.78, 5) is 3.87. The number of furan rings is 2. The Balaban J connectivity index is 1.06. The number of hydrogen-bond acceptors (Lipinski definition) is 4. The van der Waals surface area contributed by atoms with E-state index in [4.69, 9.17) is 8.83 Å². The van der Waals surface area contributed by atoms with Gasteiger partial charge in [-0.1, -0.05) is 72.8 Å². The third kappa shape index (κ3) is 5.11. The summed E-state index contributed by atoms with van der Waals surface area (Å²) in [6, 6.07) is 58.1. The molecule has 0 aliphatic rings. The number of hydrogen-bond donors (Lipinski definition) is 0. The zero-order valence-electron chi connectivity index (χ0n) is 29.8. The topological polar surface area (TPSA) is 32.8 Å². The molecule has 0 aliphatic carbocycles. The van der Waals surface area contributed by atoms with Crippen LogP contribution in [-0.2, 0) is 0 Å². The van der Waals surface area contributed by atoms with E-state index in [0.717, 1.165) is 88.2 Å². The van der Waals surface area contributed by atoms with Crippen molar-refractivity contribution in [3.05, 3.63) is 194 Å². The number of para-hydroxylation sites is 4. The first-order chi connectivity index (χ1) is 27.6. The lowest BCUT2D eigenvalue weighted by molar-refractivity contribution is 0.628. The molecule has 56 heavy (non-hydrogen) atoms. The molecule has 0 saturated heterocycles. The lowest BCUT2D eigenvalue weighted by Gasteiger charge is -2.26. The van der Waals surface area contributed by atoms with Gasteiger partial charge in [0.1, 0.15) is 34.0 Å². The van der Waals surface area contributed by atoms with Gasteiger partial charge in [-0.15, -0.1) is 0 Å². The normalized spacial score (nSPS) is 11.8. The second kappa shape index (κ2) is 12.6. The molecule has 11 rings (SSSR count). The molecule has 0 N–H and O–H groups in total. The molecule has 0 bridgehead atoms. The van der Waals surface area contributed by atoms with Crippen LogP contribution in [-0.4, -0.2) is 0 Å². The van der Waals surface area contributed by atoms with Gasteiger partial charge in [0, 0.05) is 44.3 Å². The molecule has 0 aliphatic heterocycles. The molecule has 0 amide bonds. The van der Waals surface area contributed by atoms with E-state index in [1.807, 2.05) is 107 Å². The minimum absolute atomic E-state index is 0.300. The van der Waals surface area contributed by atoms with Gasteiger partial charge in [0.2, 0.25) is 0 Å². The van der Waals surface area contributed by atoms with E-state index < -0.39 is 0 Å². The van der Waals surface area contributed by atoms with Crippen molar-refractivity contribution < 1.29 is 17.6 Å². The summed E-state index contributed by atoms with van der Waals surface area (Å²) in [5.41, 5.74) is 7.37. The van der Waals surface area contributed by atoms with Crippen LogP contribution in [0.5, 0.6) is 0 Å². The molecular weight excluding hydrogens is 699 g/mol. The van der Waals surface area contributed by atoms with Gasteiger partial charge in [-0.3, -0.25) is 0 Å². The van der Waals surface area contributed by atoms with Crippen molar-refractivity contribution in [3.63, 3.8) is 0 Å². The molecule has 0 fully saturated rings. The standard InChI is InChI=1S/C50H30F2N2O2/c51-41-15-7-9-17-43(41)53(35-11-3-1-4-12-35)37-21-19-31-27-39-47(29-33(31)25-37)55-45-23-24-46-50(49(39)45)40-28-32-20-22-38(26-34(32)30-48(40)56-46)54(36-13-5-2-6-14-36)44-18-10-8-16-42(44)52/h1-30H. The molecule has 2 heterocycles. The maximum Gasteiger partial charge on any atom is 0.147 e. The second-order valence-electron chi connectivity index (χ2n) is 14.0. The van der Waals surface area contributed by atoms with Gasteiger partial charge in [0.15, 0.2) is 0 Å². The fourth-order valence-corrected chi connectivity index (χ4v) is 8.15. The van der Waals surface area contributed by atoms with E-state index in [2.05, 4.69) is 48.5 Å². The fourth-order valence-electron chi connectivity index (χ4n) is 8.15. The van der Waals surface area contributed by atoms with Gasteiger partial charge in [-0.25, -0.2) is 8.78 Å². The fraction of sp³-hybridized carbons (Fsp3) is 0. The minimum atomic E-state index is -0.300. The smallest absolute Gasteiger partial charge is 0.147 e. The molecule has 6 heteroatoms. The van der Waals surface area contributed by atoms with Gasteiger partial charge >= 0.3 is 0 Å². The van der Waals surface area contributed by atoms with Crippen molar-refractivity contribution in [1.29, 1.82) is 0 Å². The summed E-state index contributed by atoms with van der Waals surface area (Å²) < 4.78 is 43.6. The minimum Gasteiger partial charge on any atom is -0.456 e. The summed E-state index contributed by atoms with van der Waals surface area (Å²) in [5.74, 6) is -0.601. The molecule has 0 atom stereocenters. The van der Waals surface area contributed by atoms with Gasteiger partial charge < -0.3 is 18.6 Å². The van der Waals surface area contributed by atoms with Gasteiger partial charge in [0.25, 0.3) is 0 Å². The molecule has 266 valence electrons. The molecule has 4 nitrogen and oxygen atoms in total. The lowest BCUT2D eigenvalue weighted by atomic mass is 10.0. The zero-order chi connectivity index (χ0) is 37.3. The van der Waals surface area contributed by atoms with E-state index in [9.17, 15) is 0 Å². The van der Waals surface area contributed by atoms with Gasteiger partial charge in [0.05, 0.1) is 11.4 Å². The highest BCUT2D eigenvalue weighted by Gasteiger charge is 2.21. The van der Waals surface area contributed by atoms with Gasteiger partial charge in [-0.2, -0.15) is 0 Å². The summed E-state index contributed by atoms with van der Waals surface area (Å²) >= 11 is 0. The molecule has 2 aromatic heterocycles. The summed E-state index contributed by atoms with van der Waals surface area (Å²) in [6.07, 6.45) is 0. The predicted molar refractivity (Wildman–Crippen MR) is 225 cm³/mol. The van der Waals surface area contributed by atoms with Crippen LogP contribution in [0.25, 0.3) is 65.4 Å². The molecule has 0 unspecified atom stereocenters. The number of anilines is 6. The van der Waals surface area contributed by atoms with Crippen LogP contribution in [0.15, 0.2) is 191 Å². The van der Waals surface area contributed by atoms with E-state index in [1.54, 1.807) is 24.3 Å². The number of fused-ring (bicyclic) bond motifs is 9. The quantitative estimate of drug-likeness (QED) is 0.171. The molecular formula is C50H30F2N2O2. The molecule has 0 spiro atoms. The summed E-state index contributed by atoms with van der Waals surface area (Å²) in [5, 5.41) is 7.97. The predicted octanol–water partition coefficient (Wildman–Crippen LogP) is 15.0. The van der Waals surface area contributed by atoms with Crippen LogP contribution in [0.2, 0.25) is 0 Å². The van der Waals surface area contributed by atoms with Crippen molar-refractivity contribution in [2.75, 3.05) is 9.80 Å². The Kier molecular flexibility index (Phi) is 7.19. The van der Waals surface area contributed by atoms with Crippen molar-refractivity contribution in [3.8, 4) is 0 Å². The van der Waals surface area contributed by atoms with Crippen molar-refractivity contribution in [2.45, 2.75) is 0 Å². The van der Waals surface area contributed by atoms with E-state index in [0.29, 0.717) is 11.4 Å². The number of rotatable bonds is 6. The maximum absolute atomic E-state index is 15.3. The first-order valence-corrected chi connectivity index (χ1v) is 18.5. The Labute approximate surface area is 319 Å². The number of halogens is 2. The Bertz CT molecular complexity index is 3080. The number of benzene rings is 9. The van der Waals surface area contributed by atoms with E-state index >= 15 is 8.78 Å². The summed E-state index contributed by atoms with van der Waals surface area (Å²) in [7, 11) is 0. The van der Waals surface area contributed by atoms with Crippen LogP contribution < -0.4 is 9.80 Å². The largest absolute Gasteiger partial charge is 0.456 e. The average molecular weight is 729 g/mol. The Morgan fingerprint density at radius 2 is 0.732 bits per heavy atom. The molecule has 9 aromatic carbocycles. The van der Waals surface area contributed by atoms with E-state index in [1.165, 1.54) is 12.1 Å². The van der Waals surface area contributed by atoms with Crippen LogP contribution in [0.4, 0.5) is 42.9 Å². The Morgan fingerprint density at radius 1 is 0.321 bits per heavy atom. The van der Waals surface area contributed by atoms with Crippen LogP contribution in [0, 0.1) is 11.6 Å². The van der Waals surface area contributed by atoms with Gasteiger partial charge in [-0.05, 0) is 131 Å². The SMILES string of the molecule is Fc1ccccc1N(c1ccccc1)c1ccc2cc3c(cc2c1)oc1ccc2oc4cc5cc(N(c6ccccc6)c6ccccc6F)ccc5cc4c2c13. The average Bonchev–Trinajstić information content (AvgIpc) is 3.78. The highest BCUT2D eigenvalue weighted by atomic mass is 19.1. The lowest BCUT2D eigenvalue weighted by Crippen LogP contribution is -2.11. The van der Waals surface area contributed by atoms with Crippen molar-refractivity contribution >= 4 is 99.5 Å². The Hall–Kier alpha value is -7.44. The van der Waals surface area contributed by atoms with E-state index in [-0.39, 0.29) is 11.6 Å². The van der Waals surface area contributed by atoms with Crippen molar-refractivity contribution in [1.82, 2.24) is 0 Å². The monoisotopic (exact) mass is 728 g/mol. The molecule has 11 aromatic rings. The third-order valence-electron chi connectivity index (χ3n) is 10.7. The number of nitrogens with zero attached hydrogens (tertiary/aromatic N) is 2.